The molecule has 0 saturated heterocycles. The Morgan fingerprint density at radius 3 is 2.59 bits per heavy atom. The average molecular weight is 465 g/mol. The molecule has 178 valence electrons. The van der Waals surface area contributed by atoms with Gasteiger partial charge in [-0.05, 0) is 73.6 Å². The summed E-state index contributed by atoms with van der Waals surface area (Å²) in [5.74, 6) is -1.72. The molecule has 3 atom stereocenters. The van der Waals surface area contributed by atoms with Gasteiger partial charge < -0.3 is 15.7 Å². The zero-order valence-electron chi connectivity index (χ0n) is 19.2. The number of benzene rings is 3. The van der Waals surface area contributed by atoms with Gasteiger partial charge in [0.2, 0.25) is 0 Å². The van der Waals surface area contributed by atoms with Gasteiger partial charge in [0, 0.05) is 24.2 Å². The molecule has 3 N–H and O–H groups in total. The van der Waals surface area contributed by atoms with E-state index in [-0.39, 0.29) is 24.9 Å². The fraction of sp³-hybridized carbons (Fsp3) is 0.321. The molecule has 0 radical (unpaired) electrons. The first-order valence-electron chi connectivity index (χ1n) is 11.7. The van der Waals surface area contributed by atoms with Crippen molar-refractivity contribution in [2.45, 2.75) is 50.8 Å². The highest BCUT2D eigenvalue weighted by Crippen LogP contribution is 2.29. The summed E-state index contributed by atoms with van der Waals surface area (Å²) in [6.45, 7) is 2.13. The Balaban J connectivity index is 1.50. The Hall–Kier alpha value is -3.09. The molecule has 4 rings (SSSR count). The molecule has 0 saturated carbocycles. The Bertz CT molecular complexity index is 1130. The van der Waals surface area contributed by atoms with Crippen molar-refractivity contribution in [1.29, 1.82) is 0 Å². The molecule has 1 amide bonds. The van der Waals surface area contributed by atoms with Crippen LogP contribution in [0.5, 0.6) is 0 Å². The van der Waals surface area contributed by atoms with Crippen LogP contribution in [0.2, 0.25) is 0 Å². The zero-order chi connectivity index (χ0) is 24.1. The Kier molecular flexibility index (Phi) is 7.70. The van der Waals surface area contributed by atoms with Crippen molar-refractivity contribution in [2.24, 2.45) is 0 Å². The standard InChI is InChI=1S/C28H30F2N2O2/c1-18-6-4-9-21(12-18)28(34)32-26(15-19-13-22(29)16-23(30)14-19)27(33)17-31-25-11-5-8-20-7-2-3-10-24(20)25/h2-4,6-7,9-10,12-14,16,25-27,31,33H,5,8,11,15,17H2,1H3,(H,32,34)/t25-,26-,27-/m0/s1. The quantitative estimate of drug-likeness (QED) is 0.455. The maximum absolute atomic E-state index is 13.8. The molecule has 0 bridgehead atoms. The fourth-order valence-electron chi connectivity index (χ4n) is 4.68. The van der Waals surface area contributed by atoms with E-state index in [9.17, 15) is 18.7 Å². The predicted molar refractivity (Wildman–Crippen MR) is 129 cm³/mol. The predicted octanol–water partition coefficient (Wildman–Crippen LogP) is 4.64. The summed E-state index contributed by atoms with van der Waals surface area (Å²) in [5, 5.41) is 17.4. The van der Waals surface area contributed by atoms with Gasteiger partial charge in [-0.25, -0.2) is 8.78 Å². The number of halogens is 2. The number of rotatable bonds is 8. The highest BCUT2D eigenvalue weighted by molar-refractivity contribution is 5.94. The second-order valence-corrected chi connectivity index (χ2v) is 9.05. The Morgan fingerprint density at radius 2 is 1.82 bits per heavy atom. The second-order valence-electron chi connectivity index (χ2n) is 9.05. The van der Waals surface area contributed by atoms with Crippen LogP contribution >= 0.6 is 0 Å². The van der Waals surface area contributed by atoms with E-state index in [1.54, 1.807) is 18.2 Å². The number of nitrogens with one attached hydrogen (secondary N) is 2. The number of aliphatic hydroxyl groups is 1. The van der Waals surface area contributed by atoms with Crippen LogP contribution in [0.15, 0.2) is 66.7 Å². The van der Waals surface area contributed by atoms with Crippen molar-refractivity contribution in [3.8, 4) is 0 Å². The summed E-state index contributed by atoms with van der Waals surface area (Å²) >= 11 is 0. The molecule has 34 heavy (non-hydrogen) atoms. The minimum absolute atomic E-state index is 0.0936. The molecule has 0 spiro atoms. The lowest BCUT2D eigenvalue weighted by atomic mass is 9.87. The van der Waals surface area contributed by atoms with Crippen LogP contribution < -0.4 is 10.6 Å². The maximum atomic E-state index is 13.8. The summed E-state index contributed by atoms with van der Waals surface area (Å²) in [7, 11) is 0. The molecular weight excluding hydrogens is 434 g/mol. The van der Waals surface area contributed by atoms with E-state index in [4.69, 9.17) is 0 Å². The van der Waals surface area contributed by atoms with Gasteiger partial charge in [0.15, 0.2) is 0 Å². The van der Waals surface area contributed by atoms with Crippen molar-refractivity contribution in [2.75, 3.05) is 6.54 Å². The monoisotopic (exact) mass is 464 g/mol. The van der Waals surface area contributed by atoms with E-state index in [2.05, 4.69) is 22.8 Å². The average Bonchev–Trinajstić information content (AvgIpc) is 2.81. The van der Waals surface area contributed by atoms with E-state index in [0.29, 0.717) is 11.1 Å². The number of carbonyl (C=O) groups is 1. The lowest BCUT2D eigenvalue weighted by molar-refractivity contribution is 0.0823. The van der Waals surface area contributed by atoms with E-state index in [1.807, 2.05) is 25.1 Å². The number of aliphatic hydroxyl groups excluding tert-OH is 1. The highest BCUT2D eigenvalue weighted by Gasteiger charge is 2.26. The molecule has 0 aliphatic heterocycles. The summed E-state index contributed by atoms with van der Waals surface area (Å²) < 4.78 is 27.6. The number of hydrogen-bond acceptors (Lipinski definition) is 3. The van der Waals surface area contributed by atoms with Crippen molar-refractivity contribution < 1.29 is 18.7 Å². The molecule has 6 heteroatoms. The Morgan fingerprint density at radius 1 is 1.06 bits per heavy atom. The van der Waals surface area contributed by atoms with Crippen molar-refractivity contribution >= 4 is 5.91 Å². The number of fused-ring (bicyclic) bond motifs is 1. The van der Waals surface area contributed by atoms with Gasteiger partial charge in [0.25, 0.3) is 5.91 Å². The van der Waals surface area contributed by atoms with E-state index < -0.39 is 23.8 Å². The molecule has 3 aromatic rings. The lowest BCUT2D eigenvalue weighted by Gasteiger charge is -2.30. The Labute approximate surface area is 199 Å². The molecule has 0 aromatic heterocycles. The van der Waals surface area contributed by atoms with Gasteiger partial charge >= 0.3 is 0 Å². The second kappa shape index (κ2) is 10.9. The largest absolute Gasteiger partial charge is 0.390 e. The van der Waals surface area contributed by atoms with Crippen LogP contribution in [0.1, 0.15) is 51.5 Å². The van der Waals surface area contributed by atoms with Crippen LogP contribution in [0.25, 0.3) is 0 Å². The number of carbonyl (C=O) groups excluding carboxylic acids is 1. The number of hydrogen-bond donors (Lipinski definition) is 3. The van der Waals surface area contributed by atoms with E-state index in [0.717, 1.165) is 30.9 Å². The highest BCUT2D eigenvalue weighted by atomic mass is 19.1. The van der Waals surface area contributed by atoms with Crippen LogP contribution in [0, 0.1) is 18.6 Å². The van der Waals surface area contributed by atoms with Gasteiger partial charge in [-0.15, -0.1) is 0 Å². The molecule has 3 aromatic carbocycles. The van der Waals surface area contributed by atoms with Crippen LogP contribution in [0.4, 0.5) is 8.78 Å². The van der Waals surface area contributed by atoms with Gasteiger partial charge in [0.05, 0.1) is 12.1 Å². The molecule has 0 fully saturated rings. The normalized spacial score (nSPS) is 17.0. The molecular formula is C28H30F2N2O2. The van der Waals surface area contributed by atoms with Crippen molar-refractivity contribution in [3.63, 3.8) is 0 Å². The zero-order valence-corrected chi connectivity index (χ0v) is 19.2. The molecule has 0 heterocycles. The van der Waals surface area contributed by atoms with Crippen LogP contribution in [0.3, 0.4) is 0 Å². The minimum atomic E-state index is -0.964. The summed E-state index contributed by atoms with van der Waals surface area (Å²) in [6.07, 6.45) is 2.18. The van der Waals surface area contributed by atoms with Gasteiger partial charge in [0.1, 0.15) is 11.6 Å². The number of amides is 1. The van der Waals surface area contributed by atoms with Gasteiger partial charge in [-0.1, -0.05) is 42.0 Å². The van der Waals surface area contributed by atoms with Crippen LogP contribution in [-0.4, -0.2) is 29.7 Å². The maximum Gasteiger partial charge on any atom is 0.251 e. The first-order valence-corrected chi connectivity index (χ1v) is 11.7. The molecule has 1 aliphatic rings. The first-order chi connectivity index (χ1) is 16.4. The number of aryl methyl sites for hydroxylation is 2. The minimum Gasteiger partial charge on any atom is -0.390 e. The molecule has 0 unspecified atom stereocenters. The van der Waals surface area contributed by atoms with Crippen LogP contribution in [-0.2, 0) is 12.8 Å². The SMILES string of the molecule is Cc1cccc(C(=O)N[C@@H](Cc2cc(F)cc(F)c2)[C@@H](O)CN[C@H]2CCCc3ccccc32)c1. The third-order valence-electron chi connectivity index (χ3n) is 6.38. The molecule has 4 nitrogen and oxygen atoms in total. The summed E-state index contributed by atoms with van der Waals surface area (Å²) in [4.78, 5) is 12.9. The summed E-state index contributed by atoms with van der Waals surface area (Å²) in [6, 6.07) is 18.1. The van der Waals surface area contributed by atoms with Gasteiger partial charge in [-0.3, -0.25) is 4.79 Å². The van der Waals surface area contributed by atoms with Crippen molar-refractivity contribution in [3.05, 3.63) is 106 Å². The third-order valence-corrected chi connectivity index (χ3v) is 6.38. The summed E-state index contributed by atoms with van der Waals surface area (Å²) in [5.41, 5.74) is 4.31. The first kappa shape index (κ1) is 24.0. The molecule has 1 aliphatic carbocycles. The third kappa shape index (κ3) is 6.07. The fourth-order valence-corrected chi connectivity index (χ4v) is 4.68. The lowest BCUT2D eigenvalue weighted by Crippen LogP contribution is -2.49. The van der Waals surface area contributed by atoms with Gasteiger partial charge in [-0.2, -0.15) is 0 Å². The van der Waals surface area contributed by atoms with Crippen molar-refractivity contribution in [1.82, 2.24) is 10.6 Å². The van der Waals surface area contributed by atoms with E-state index in [1.165, 1.54) is 23.3 Å². The van der Waals surface area contributed by atoms with E-state index >= 15 is 0 Å². The smallest absolute Gasteiger partial charge is 0.251 e. The topological polar surface area (TPSA) is 61.4 Å².